The number of anilines is 1. The molecule has 0 atom stereocenters. The zero-order valence-corrected chi connectivity index (χ0v) is 15.2. The van der Waals surface area contributed by atoms with Gasteiger partial charge in [0, 0.05) is 17.2 Å². The van der Waals surface area contributed by atoms with Gasteiger partial charge in [-0.3, -0.25) is 9.63 Å². The molecular weight excluding hydrogens is 403 g/mol. The van der Waals surface area contributed by atoms with Gasteiger partial charge in [-0.15, -0.1) is 0 Å². The van der Waals surface area contributed by atoms with E-state index in [2.05, 4.69) is 21.2 Å². The van der Waals surface area contributed by atoms with E-state index in [1.54, 1.807) is 0 Å². The van der Waals surface area contributed by atoms with E-state index in [0.29, 0.717) is 14.6 Å². The number of amides is 1. The molecule has 0 bridgehead atoms. The Morgan fingerprint density at radius 1 is 1.21 bits per heavy atom. The smallest absolute Gasteiger partial charge is 0.264 e. The lowest BCUT2D eigenvalue weighted by Gasteiger charge is -2.15. The first-order chi connectivity index (χ1) is 11.3. The molecule has 2 aromatic carbocycles. The van der Waals surface area contributed by atoms with Crippen molar-refractivity contribution in [2.45, 2.75) is 4.90 Å². The van der Waals surface area contributed by atoms with Crippen LogP contribution in [0.5, 0.6) is 0 Å². The van der Waals surface area contributed by atoms with Crippen molar-refractivity contribution in [2.75, 3.05) is 19.5 Å². The fourth-order valence-corrected chi connectivity index (χ4v) is 3.24. The summed E-state index contributed by atoms with van der Waals surface area (Å²) >= 11 is 3.22. The fraction of sp³-hybridized carbons (Fsp3) is 0.133. The van der Waals surface area contributed by atoms with Gasteiger partial charge in [0.1, 0.15) is 5.82 Å². The number of hydroxylamine groups is 1. The van der Waals surface area contributed by atoms with Gasteiger partial charge in [-0.1, -0.05) is 4.47 Å². The van der Waals surface area contributed by atoms with Gasteiger partial charge in [-0.25, -0.2) is 12.8 Å². The molecule has 0 spiro atoms. The average Bonchev–Trinajstić information content (AvgIpc) is 2.56. The molecule has 6 nitrogen and oxygen atoms in total. The van der Waals surface area contributed by atoms with Crippen LogP contribution in [0.2, 0.25) is 0 Å². The first-order valence-corrected chi connectivity index (χ1v) is 8.88. The first kappa shape index (κ1) is 18.5. The average molecular weight is 417 g/mol. The van der Waals surface area contributed by atoms with Crippen LogP contribution in [0.3, 0.4) is 0 Å². The van der Waals surface area contributed by atoms with Gasteiger partial charge in [0.25, 0.3) is 15.9 Å². The molecule has 2 rings (SSSR count). The number of hydrogen-bond donors (Lipinski definition) is 1. The minimum atomic E-state index is -3.88. The van der Waals surface area contributed by atoms with E-state index in [1.807, 2.05) is 0 Å². The lowest BCUT2D eigenvalue weighted by Crippen LogP contribution is -2.26. The second kappa shape index (κ2) is 7.39. The molecule has 2 aromatic rings. The van der Waals surface area contributed by atoms with Crippen molar-refractivity contribution in [3.8, 4) is 0 Å². The van der Waals surface area contributed by atoms with E-state index in [9.17, 15) is 17.6 Å². The fourth-order valence-electron chi connectivity index (χ4n) is 1.82. The van der Waals surface area contributed by atoms with Crippen LogP contribution in [0.25, 0.3) is 0 Å². The number of carbonyl (C=O) groups is 1. The van der Waals surface area contributed by atoms with E-state index in [0.717, 1.165) is 0 Å². The van der Waals surface area contributed by atoms with Crippen molar-refractivity contribution < 1.29 is 22.4 Å². The lowest BCUT2D eigenvalue weighted by molar-refractivity contribution is -0.0258. The summed E-state index contributed by atoms with van der Waals surface area (Å²) in [6.45, 7) is 0. The van der Waals surface area contributed by atoms with E-state index in [-0.39, 0.29) is 10.5 Å². The molecule has 0 aliphatic heterocycles. The highest BCUT2D eigenvalue weighted by Gasteiger charge is 2.23. The van der Waals surface area contributed by atoms with Crippen molar-refractivity contribution in [2.24, 2.45) is 0 Å². The summed E-state index contributed by atoms with van der Waals surface area (Å²) in [4.78, 5) is 17.0. The summed E-state index contributed by atoms with van der Waals surface area (Å²) in [6, 6.07) is 9.26. The molecule has 1 amide bonds. The Bertz CT molecular complexity index is 856. The van der Waals surface area contributed by atoms with Crippen molar-refractivity contribution in [3.05, 3.63) is 58.3 Å². The van der Waals surface area contributed by atoms with E-state index in [1.165, 1.54) is 56.6 Å². The van der Waals surface area contributed by atoms with Gasteiger partial charge in [-0.2, -0.15) is 0 Å². The second-order valence-electron chi connectivity index (χ2n) is 4.70. The molecule has 0 aliphatic carbocycles. The Kier molecular flexibility index (Phi) is 5.70. The molecule has 128 valence electrons. The molecule has 0 aromatic heterocycles. The number of carbonyl (C=O) groups excluding carboxylic acids is 1. The van der Waals surface area contributed by atoms with Crippen LogP contribution in [0, 0.1) is 5.82 Å². The summed E-state index contributed by atoms with van der Waals surface area (Å²) in [5.74, 6) is -0.963. The normalized spacial score (nSPS) is 11.5. The molecule has 9 heteroatoms. The molecular formula is C15H14BrFN2O4S. The predicted molar refractivity (Wildman–Crippen MR) is 90.5 cm³/mol. The van der Waals surface area contributed by atoms with Crippen LogP contribution in [0.1, 0.15) is 10.4 Å². The molecule has 0 radical (unpaired) electrons. The topological polar surface area (TPSA) is 75.7 Å². The van der Waals surface area contributed by atoms with Crippen LogP contribution in [0.15, 0.2) is 51.8 Å². The second-order valence-corrected chi connectivity index (χ2v) is 7.49. The number of sulfonamides is 1. The van der Waals surface area contributed by atoms with Crippen LogP contribution in [0.4, 0.5) is 10.1 Å². The largest absolute Gasteiger partial charge is 0.322 e. The summed E-state index contributed by atoms with van der Waals surface area (Å²) in [5, 5.41) is 2.57. The maximum Gasteiger partial charge on any atom is 0.264 e. The Labute approximate surface area is 147 Å². The summed E-state index contributed by atoms with van der Waals surface area (Å²) < 4.78 is 38.5. The van der Waals surface area contributed by atoms with Crippen LogP contribution < -0.4 is 5.32 Å². The predicted octanol–water partition coefficient (Wildman–Crippen LogP) is 3.02. The van der Waals surface area contributed by atoms with Crippen molar-refractivity contribution in [1.82, 2.24) is 4.47 Å². The van der Waals surface area contributed by atoms with Gasteiger partial charge in [0.2, 0.25) is 0 Å². The van der Waals surface area contributed by atoms with Crippen molar-refractivity contribution in [3.63, 3.8) is 0 Å². The van der Waals surface area contributed by atoms with Gasteiger partial charge < -0.3 is 5.32 Å². The number of rotatable bonds is 5. The van der Waals surface area contributed by atoms with Gasteiger partial charge >= 0.3 is 0 Å². The summed E-state index contributed by atoms with van der Waals surface area (Å²) in [5.41, 5.74) is 0.500. The van der Waals surface area contributed by atoms with E-state index in [4.69, 9.17) is 4.84 Å². The minimum absolute atomic E-state index is 0.0979. The van der Waals surface area contributed by atoms with Gasteiger partial charge in [0.05, 0.1) is 17.6 Å². The highest BCUT2D eigenvalue weighted by molar-refractivity contribution is 9.10. The van der Waals surface area contributed by atoms with Crippen LogP contribution >= 0.6 is 15.9 Å². The van der Waals surface area contributed by atoms with Crippen LogP contribution in [-0.4, -0.2) is 33.0 Å². The maximum absolute atomic E-state index is 12.9. The zero-order valence-electron chi connectivity index (χ0n) is 12.8. The monoisotopic (exact) mass is 416 g/mol. The van der Waals surface area contributed by atoms with E-state index < -0.39 is 21.7 Å². The minimum Gasteiger partial charge on any atom is -0.322 e. The number of halogens is 2. The van der Waals surface area contributed by atoms with E-state index >= 15 is 0 Å². The Balaban J connectivity index is 2.34. The Morgan fingerprint density at radius 3 is 2.42 bits per heavy atom. The third kappa shape index (κ3) is 3.99. The molecule has 0 fully saturated rings. The molecule has 0 saturated carbocycles. The molecule has 24 heavy (non-hydrogen) atoms. The van der Waals surface area contributed by atoms with Crippen molar-refractivity contribution >= 4 is 37.5 Å². The summed E-state index contributed by atoms with van der Waals surface area (Å²) in [6.07, 6.45) is 0. The van der Waals surface area contributed by atoms with Gasteiger partial charge in [0.15, 0.2) is 0 Å². The SMILES string of the molecule is CON(C)S(=O)(=O)c1ccc(Br)c(C(=O)Nc2ccc(F)cc2)c1. The Hall–Kier alpha value is -1.81. The molecule has 0 heterocycles. The highest BCUT2D eigenvalue weighted by Crippen LogP contribution is 2.24. The number of nitrogens with zero attached hydrogens (tertiary/aromatic N) is 1. The first-order valence-electron chi connectivity index (χ1n) is 6.65. The zero-order chi connectivity index (χ0) is 17.9. The summed E-state index contributed by atoms with van der Waals surface area (Å²) in [7, 11) is -1.41. The maximum atomic E-state index is 12.9. The molecule has 0 unspecified atom stereocenters. The third-order valence-electron chi connectivity index (χ3n) is 3.18. The molecule has 1 N–H and O–H groups in total. The van der Waals surface area contributed by atoms with Gasteiger partial charge in [-0.05, 0) is 58.4 Å². The third-order valence-corrected chi connectivity index (χ3v) is 5.55. The molecule has 0 aliphatic rings. The number of nitrogens with one attached hydrogen (secondary N) is 1. The Morgan fingerprint density at radius 2 is 1.83 bits per heavy atom. The highest BCUT2D eigenvalue weighted by atomic mass is 79.9. The van der Waals surface area contributed by atoms with Crippen molar-refractivity contribution in [1.29, 1.82) is 0 Å². The standard InChI is InChI=1S/C15H14BrFN2O4S/c1-19(23-2)24(21,22)12-7-8-14(16)13(9-12)15(20)18-11-5-3-10(17)4-6-11/h3-9H,1-2H3,(H,18,20). The number of benzene rings is 2. The van der Waals surface area contributed by atoms with Crippen LogP contribution in [-0.2, 0) is 14.9 Å². The molecule has 0 saturated heterocycles. The quantitative estimate of drug-likeness (QED) is 0.759. The number of hydrogen-bond acceptors (Lipinski definition) is 4. The lowest BCUT2D eigenvalue weighted by atomic mass is 10.2.